The molecule has 1 heterocycles. The zero-order valence-electron chi connectivity index (χ0n) is 6.13. The summed E-state index contributed by atoms with van der Waals surface area (Å²) in [6, 6.07) is 3.43. The Bertz CT molecular complexity index is 168. The molecule has 0 unspecified atom stereocenters. The van der Waals surface area contributed by atoms with Gasteiger partial charge in [-0.2, -0.15) is 0 Å². The number of aromatic nitrogens is 1. The maximum atomic E-state index is 5.52. The number of hydrogen-bond acceptors (Lipinski definition) is 2. The molecule has 0 saturated carbocycles. The molecule has 0 atom stereocenters. The number of nitrogens with two attached hydrogens (primary N) is 1. The van der Waals surface area contributed by atoms with Crippen molar-refractivity contribution in [2.75, 3.05) is 5.73 Å². The Hall–Kier alpha value is -0.760. The third-order valence-corrected chi connectivity index (χ3v) is 1.11. The molecular formula is C7H11ClN2. The normalized spacial score (nSPS) is 7.90. The Kier molecular flexibility index (Phi) is 4.67. The second kappa shape index (κ2) is 5.06. The van der Waals surface area contributed by atoms with Crippen molar-refractivity contribution in [3.05, 3.63) is 23.4 Å². The van der Waals surface area contributed by atoms with Gasteiger partial charge in [0.15, 0.2) is 0 Å². The molecular weight excluding hydrogens is 148 g/mol. The largest absolute Gasteiger partial charge is 0.382 e. The lowest BCUT2D eigenvalue weighted by atomic mass is 10.5. The van der Waals surface area contributed by atoms with E-state index in [4.69, 9.17) is 17.3 Å². The number of nitrogens with zero attached hydrogens (tertiary/aromatic N) is 1. The van der Waals surface area contributed by atoms with E-state index in [2.05, 4.69) is 4.98 Å². The van der Waals surface area contributed by atoms with Crippen LogP contribution in [0.25, 0.3) is 0 Å². The van der Waals surface area contributed by atoms with Crippen LogP contribution < -0.4 is 5.73 Å². The highest BCUT2D eigenvalue weighted by atomic mass is 35.5. The van der Waals surface area contributed by atoms with Crippen LogP contribution in [0.3, 0.4) is 0 Å². The van der Waals surface area contributed by atoms with Crippen LogP contribution in [0.1, 0.15) is 13.8 Å². The van der Waals surface area contributed by atoms with Crippen LogP contribution in [0.15, 0.2) is 18.3 Å². The monoisotopic (exact) mass is 158 g/mol. The highest BCUT2D eigenvalue weighted by Crippen LogP contribution is 2.12. The van der Waals surface area contributed by atoms with E-state index in [-0.39, 0.29) is 0 Å². The van der Waals surface area contributed by atoms with E-state index < -0.39 is 0 Å². The fraction of sp³-hybridized carbons (Fsp3) is 0.286. The zero-order chi connectivity index (χ0) is 7.98. The zero-order valence-corrected chi connectivity index (χ0v) is 6.89. The molecule has 2 N–H and O–H groups in total. The van der Waals surface area contributed by atoms with Gasteiger partial charge in [0.05, 0.1) is 5.02 Å². The molecule has 0 saturated heterocycles. The van der Waals surface area contributed by atoms with E-state index in [9.17, 15) is 0 Å². The number of nitrogen functional groups attached to an aromatic ring is 1. The number of rotatable bonds is 0. The smallest absolute Gasteiger partial charge is 0.142 e. The van der Waals surface area contributed by atoms with Crippen molar-refractivity contribution < 1.29 is 0 Å². The fourth-order valence-corrected chi connectivity index (χ4v) is 0.519. The minimum absolute atomic E-state index is 0.383. The Balaban J connectivity index is 0.000000371. The molecule has 10 heavy (non-hydrogen) atoms. The van der Waals surface area contributed by atoms with Crippen molar-refractivity contribution in [3.63, 3.8) is 0 Å². The van der Waals surface area contributed by atoms with Crippen LogP contribution in [0, 0.1) is 0 Å². The second-order valence-corrected chi connectivity index (χ2v) is 1.78. The number of hydrogen-bond donors (Lipinski definition) is 1. The third-order valence-electron chi connectivity index (χ3n) is 0.787. The summed E-state index contributed by atoms with van der Waals surface area (Å²) in [6.45, 7) is 4.00. The molecule has 0 aliphatic heterocycles. The predicted octanol–water partition coefficient (Wildman–Crippen LogP) is 2.34. The molecule has 1 rings (SSSR count). The predicted molar refractivity (Wildman–Crippen MR) is 45.0 cm³/mol. The van der Waals surface area contributed by atoms with Gasteiger partial charge in [-0.3, -0.25) is 0 Å². The second-order valence-electron chi connectivity index (χ2n) is 1.37. The summed E-state index contributed by atoms with van der Waals surface area (Å²) in [6.07, 6.45) is 1.60. The average Bonchev–Trinajstić information content (AvgIpc) is 2.00. The van der Waals surface area contributed by atoms with Crippen molar-refractivity contribution in [3.8, 4) is 0 Å². The summed E-state index contributed by atoms with van der Waals surface area (Å²) in [5.74, 6) is 0.383. The molecule has 3 heteroatoms. The first-order valence-electron chi connectivity index (χ1n) is 3.16. The highest BCUT2D eigenvalue weighted by molar-refractivity contribution is 6.32. The van der Waals surface area contributed by atoms with E-state index in [0.29, 0.717) is 10.8 Å². The Morgan fingerprint density at radius 3 is 2.40 bits per heavy atom. The Labute approximate surface area is 66.0 Å². The summed E-state index contributed by atoms with van der Waals surface area (Å²) in [5.41, 5.74) is 5.28. The first-order valence-corrected chi connectivity index (χ1v) is 3.54. The van der Waals surface area contributed by atoms with E-state index in [1.54, 1.807) is 18.3 Å². The SMILES string of the molecule is CC.Nc1ncccc1Cl. The average molecular weight is 159 g/mol. The van der Waals surface area contributed by atoms with Gasteiger partial charge in [-0.1, -0.05) is 25.4 Å². The molecule has 0 aliphatic rings. The quantitative estimate of drug-likeness (QED) is 0.630. The van der Waals surface area contributed by atoms with Gasteiger partial charge in [-0.15, -0.1) is 0 Å². The van der Waals surface area contributed by atoms with Crippen molar-refractivity contribution in [2.24, 2.45) is 0 Å². The summed E-state index contributed by atoms with van der Waals surface area (Å²) in [7, 11) is 0. The lowest BCUT2D eigenvalue weighted by molar-refractivity contribution is 1.34. The Morgan fingerprint density at radius 1 is 1.50 bits per heavy atom. The molecule has 2 nitrogen and oxygen atoms in total. The minimum atomic E-state index is 0.383. The molecule has 1 aromatic heterocycles. The lowest BCUT2D eigenvalue weighted by Gasteiger charge is -1.90. The van der Waals surface area contributed by atoms with Crippen LogP contribution in [0.5, 0.6) is 0 Å². The van der Waals surface area contributed by atoms with Crippen LogP contribution in [-0.4, -0.2) is 4.98 Å². The third kappa shape index (κ3) is 2.69. The molecule has 0 bridgehead atoms. The van der Waals surface area contributed by atoms with Gasteiger partial charge in [0.1, 0.15) is 5.82 Å². The van der Waals surface area contributed by atoms with Crippen LogP contribution in [-0.2, 0) is 0 Å². The van der Waals surface area contributed by atoms with Crippen molar-refractivity contribution >= 4 is 17.4 Å². The van der Waals surface area contributed by atoms with Crippen molar-refractivity contribution in [1.82, 2.24) is 4.98 Å². The van der Waals surface area contributed by atoms with Crippen LogP contribution >= 0.6 is 11.6 Å². The van der Waals surface area contributed by atoms with Gasteiger partial charge < -0.3 is 5.73 Å². The molecule has 1 aromatic rings. The summed E-state index contributed by atoms with van der Waals surface area (Å²) < 4.78 is 0. The molecule has 0 aliphatic carbocycles. The van der Waals surface area contributed by atoms with E-state index in [0.717, 1.165) is 0 Å². The highest BCUT2D eigenvalue weighted by Gasteiger charge is 1.89. The standard InChI is InChI=1S/C5H5ClN2.C2H6/c6-4-2-1-3-8-5(4)7;1-2/h1-3H,(H2,7,8);1-2H3. The first-order chi connectivity index (χ1) is 4.80. The Morgan fingerprint density at radius 2 is 2.10 bits per heavy atom. The summed E-state index contributed by atoms with van der Waals surface area (Å²) in [4.78, 5) is 3.72. The van der Waals surface area contributed by atoms with Gasteiger partial charge >= 0.3 is 0 Å². The lowest BCUT2D eigenvalue weighted by Crippen LogP contribution is -1.87. The van der Waals surface area contributed by atoms with Crippen molar-refractivity contribution in [2.45, 2.75) is 13.8 Å². The maximum Gasteiger partial charge on any atom is 0.142 e. The summed E-state index contributed by atoms with van der Waals surface area (Å²) in [5, 5.41) is 0.507. The van der Waals surface area contributed by atoms with E-state index in [1.807, 2.05) is 13.8 Å². The molecule has 0 spiro atoms. The molecule has 56 valence electrons. The van der Waals surface area contributed by atoms with Gasteiger partial charge in [-0.05, 0) is 12.1 Å². The molecule has 0 aromatic carbocycles. The minimum Gasteiger partial charge on any atom is -0.382 e. The van der Waals surface area contributed by atoms with Gasteiger partial charge in [-0.25, -0.2) is 4.98 Å². The molecule has 0 fully saturated rings. The van der Waals surface area contributed by atoms with Gasteiger partial charge in [0.2, 0.25) is 0 Å². The number of halogens is 1. The fourth-order valence-electron chi connectivity index (χ4n) is 0.398. The van der Waals surface area contributed by atoms with E-state index in [1.165, 1.54) is 0 Å². The van der Waals surface area contributed by atoms with Crippen LogP contribution in [0.4, 0.5) is 5.82 Å². The summed E-state index contributed by atoms with van der Waals surface area (Å²) >= 11 is 5.52. The first kappa shape index (κ1) is 9.24. The molecule has 0 radical (unpaired) electrons. The topological polar surface area (TPSA) is 38.9 Å². The van der Waals surface area contributed by atoms with Gasteiger partial charge in [0.25, 0.3) is 0 Å². The van der Waals surface area contributed by atoms with Gasteiger partial charge in [0, 0.05) is 6.20 Å². The molecule has 0 amide bonds. The number of pyridine rings is 1. The van der Waals surface area contributed by atoms with Crippen LogP contribution in [0.2, 0.25) is 5.02 Å². The number of anilines is 1. The van der Waals surface area contributed by atoms with Crippen molar-refractivity contribution in [1.29, 1.82) is 0 Å². The van der Waals surface area contributed by atoms with E-state index >= 15 is 0 Å². The maximum absolute atomic E-state index is 5.52.